The number of carbonyl (C=O) groups is 2. The van der Waals surface area contributed by atoms with Crippen molar-refractivity contribution in [3.8, 4) is 0 Å². The lowest BCUT2D eigenvalue weighted by atomic mass is 9.78. The van der Waals surface area contributed by atoms with Crippen molar-refractivity contribution in [2.45, 2.75) is 31.6 Å². The van der Waals surface area contributed by atoms with Crippen LogP contribution < -0.4 is 5.14 Å². The van der Waals surface area contributed by atoms with E-state index in [0.29, 0.717) is 35.2 Å². The third-order valence-electron chi connectivity index (χ3n) is 3.88. The molecular weight excluding hydrogens is 300 g/mol. The molecule has 1 aliphatic carbocycles. The van der Waals surface area contributed by atoms with E-state index < -0.39 is 28.1 Å². The van der Waals surface area contributed by atoms with Crippen molar-refractivity contribution in [2.75, 3.05) is 0 Å². The molecule has 21 heavy (non-hydrogen) atoms. The second-order valence-electron chi connectivity index (χ2n) is 5.15. The van der Waals surface area contributed by atoms with E-state index in [4.69, 9.17) is 10.2 Å². The molecule has 0 aromatic carbocycles. The zero-order chi connectivity index (χ0) is 15.8. The lowest BCUT2D eigenvalue weighted by Crippen LogP contribution is -2.26. The summed E-state index contributed by atoms with van der Waals surface area (Å²) in [6.45, 7) is 0. The lowest BCUT2D eigenvalue weighted by Gasteiger charge is -2.26. The van der Waals surface area contributed by atoms with Crippen molar-refractivity contribution in [1.82, 2.24) is 3.97 Å². The van der Waals surface area contributed by atoms with Gasteiger partial charge in [0.2, 0.25) is 0 Å². The molecule has 1 aromatic heterocycles. The minimum absolute atomic E-state index is 0.172. The van der Waals surface area contributed by atoms with E-state index in [2.05, 4.69) is 0 Å². The van der Waals surface area contributed by atoms with Crippen molar-refractivity contribution >= 4 is 22.1 Å². The zero-order valence-corrected chi connectivity index (χ0v) is 11.9. The van der Waals surface area contributed by atoms with Crippen LogP contribution in [0, 0.1) is 5.92 Å². The number of rotatable bonds is 4. The Hall–Kier alpha value is -1.87. The van der Waals surface area contributed by atoms with Crippen LogP contribution in [0.1, 0.15) is 47.7 Å². The molecule has 0 atom stereocenters. The van der Waals surface area contributed by atoms with Gasteiger partial charge in [0.05, 0.1) is 5.92 Å². The Bertz CT molecular complexity index is 670. The molecular formula is C12H16N2O6S. The summed E-state index contributed by atoms with van der Waals surface area (Å²) in [4.78, 5) is 22.2. The maximum atomic E-state index is 11.4. The topological polar surface area (TPSA) is 140 Å². The monoisotopic (exact) mass is 316 g/mol. The molecule has 0 spiro atoms. The number of hydrogen-bond acceptors (Lipinski definition) is 4. The average Bonchev–Trinajstić information content (AvgIpc) is 2.83. The normalized spacial score (nSPS) is 22.9. The summed E-state index contributed by atoms with van der Waals surface area (Å²) in [6, 6.07) is 1.43. The summed E-state index contributed by atoms with van der Waals surface area (Å²) in [5.41, 5.74) is 0.0247. The van der Waals surface area contributed by atoms with Gasteiger partial charge in [-0.25, -0.2) is 13.9 Å². The SMILES string of the molecule is NS(=O)(=O)n1ccc(C2CCC(C(=O)O)CC2)c1C(=O)O. The zero-order valence-electron chi connectivity index (χ0n) is 11.1. The van der Waals surface area contributed by atoms with Crippen LogP contribution in [0.3, 0.4) is 0 Å². The Labute approximate surface area is 121 Å². The fourth-order valence-electron chi connectivity index (χ4n) is 2.84. The molecule has 9 heteroatoms. The first kappa shape index (κ1) is 15.5. The predicted octanol–water partition coefficient (Wildman–Crippen LogP) is 0.596. The predicted molar refractivity (Wildman–Crippen MR) is 72.2 cm³/mol. The van der Waals surface area contributed by atoms with Crippen LogP contribution in [-0.2, 0) is 15.0 Å². The van der Waals surface area contributed by atoms with Crippen LogP contribution >= 0.6 is 0 Å². The van der Waals surface area contributed by atoms with Gasteiger partial charge in [-0.15, -0.1) is 0 Å². The number of hydrogen-bond donors (Lipinski definition) is 3. The van der Waals surface area contributed by atoms with Gasteiger partial charge in [0.1, 0.15) is 5.69 Å². The van der Waals surface area contributed by atoms with E-state index in [1.165, 1.54) is 6.07 Å². The van der Waals surface area contributed by atoms with Gasteiger partial charge in [0.15, 0.2) is 0 Å². The Balaban J connectivity index is 2.32. The molecule has 0 amide bonds. The van der Waals surface area contributed by atoms with Crippen LogP contribution in [0.4, 0.5) is 0 Å². The van der Waals surface area contributed by atoms with Crippen LogP contribution in [-0.4, -0.2) is 34.5 Å². The smallest absolute Gasteiger partial charge is 0.353 e. The van der Waals surface area contributed by atoms with E-state index in [9.17, 15) is 23.1 Å². The summed E-state index contributed by atoms with van der Waals surface area (Å²) in [7, 11) is -4.18. The maximum absolute atomic E-state index is 11.4. The summed E-state index contributed by atoms with van der Waals surface area (Å²) in [5, 5.41) is 23.2. The fraction of sp³-hybridized carbons (Fsp3) is 0.500. The third kappa shape index (κ3) is 3.08. The molecule has 0 radical (unpaired) electrons. The summed E-state index contributed by atoms with van der Waals surface area (Å²) < 4.78 is 23.3. The van der Waals surface area contributed by atoms with E-state index >= 15 is 0 Å². The number of aliphatic carboxylic acids is 1. The second-order valence-corrected chi connectivity index (χ2v) is 6.58. The first-order chi connectivity index (χ1) is 9.71. The van der Waals surface area contributed by atoms with Crippen LogP contribution in [0.5, 0.6) is 0 Å². The number of nitrogens with zero attached hydrogens (tertiary/aromatic N) is 1. The van der Waals surface area contributed by atoms with Gasteiger partial charge < -0.3 is 10.2 Å². The molecule has 0 saturated heterocycles. The average molecular weight is 316 g/mol. The molecule has 1 aromatic rings. The van der Waals surface area contributed by atoms with Crippen molar-refractivity contribution in [3.63, 3.8) is 0 Å². The number of aromatic carboxylic acids is 1. The van der Waals surface area contributed by atoms with Crippen molar-refractivity contribution in [1.29, 1.82) is 0 Å². The van der Waals surface area contributed by atoms with E-state index in [-0.39, 0.29) is 11.6 Å². The molecule has 4 N–H and O–H groups in total. The highest BCUT2D eigenvalue weighted by Crippen LogP contribution is 2.37. The molecule has 116 valence electrons. The van der Waals surface area contributed by atoms with Gasteiger partial charge in [0.25, 0.3) is 0 Å². The van der Waals surface area contributed by atoms with Crippen LogP contribution in [0.15, 0.2) is 12.3 Å². The fourth-order valence-corrected chi connectivity index (χ4v) is 3.51. The van der Waals surface area contributed by atoms with Gasteiger partial charge in [0, 0.05) is 6.20 Å². The van der Waals surface area contributed by atoms with Gasteiger partial charge in [-0.3, -0.25) is 4.79 Å². The first-order valence-electron chi connectivity index (χ1n) is 6.42. The Kier molecular flexibility index (Phi) is 4.06. The summed E-state index contributed by atoms with van der Waals surface area (Å²) in [5.74, 6) is -2.82. The van der Waals surface area contributed by atoms with Crippen molar-refractivity contribution in [2.24, 2.45) is 11.1 Å². The highest BCUT2D eigenvalue weighted by atomic mass is 32.2. The van der Waals surface area contributed by atoms with E-state index in [1.807, 2.05) is 0 Å². The quantitative estimate of drug-likeness (QED) is 0.743. The van der Waals surface area contributed by atoms with Crippen molar-refractivity contribution in [3.05, 3.63) is 23.5 Å². The first-order valence-corrected chi connectivity index (χ1v) is 7.92. The number of aromatic nitrogens is 1. The highest BCUT2D eigenvalue weighted by molar-refractivity contribution is 7.87. The molecule has 0 bridgehead atoms. The second kappa shape index (κ2) is 5.49. The van der Waals surface area contributed by atoms with E-state index in [0.717, 1.165) is 6.20 Å². The molecule has 8 nitrogen and oxygen atoms in total. The lowest BCUT2D eigenvalue weighted by molar-refractivity contribution is -0.142. The molecule has 0 unspecified atom stereocenters. The summed E-state index contributed by atoms with van der Waals surface area (Å²) >= 11 is 0. The van der Waals surface area contributed by atoms with Gasteiger partial charge in [-0.1, -0.05) is 0 Å². The maximum Gasteiger partial charge on any atom is 0.353 e. The van der Waals surface area contributed by atoms with Crippen molar-refractivity contribution < 1.29 is 28.2 Å². The largest absolute Gasteiger partial charge is 0.481 e. The Morgan fingerprint density at radius 1 is 1.19 bits per heavy atom. The number of carboxylic acids is 2. The minimum atomic E-state index is -4.18. The molecule has 1 aliphatic rings. The van der Waals surface area contributed by atoms with Gasteiger partial charge in [-0.2, -0.15) is 8.42 Å². The molecule has 2 rings (SSSR count). The third-order valence-corrected chi connectivity index (χ3v) is 4.73. The Morgan fingerprint density at radius 2 is 1.76 bits per heavy atom. The molecule has 0 aliphatic heterocycles. The summed E-state index contributed by atoms with van der Waals surface area (Å²) in [6.07, 6.45) is 3.02. The van der Waals surface area contributed by atoms with Gasteiger partial charge >= 0.3 is 22.1 Å². The standard InChI is InChI=1S/C12H16N2O6S/c13-21(19,20)14-6-5-9(10(14)12(17)18)7-1-3-8(4-2-7)11(15)16/h5-8H,1-4H2,(H,15,16)(H,17,18)(H2,13,19,20). The van der Waals surface area contributed by atoms with Crippen LogP contribution in [0.2, 0.25) is 0 Å². The number of nitrogens with two attached hydrogens (primary N) is 1. The van der Waals surface area contributed by atoms with Crippen LogP contribution in [0.25, 0.3) is 0 Å². The molecule has 1 heterocycles. The van der Waals surface area contributed by atoms with Gasteiger partial charge in [-0.05, 0) is 43.2 Å². The van der Waals surface area contributed by atoms with E-state index in [1.54, 1.807) is 0 Å². The molecule has 1 fully saturated rings. The number of carboxylic acid groups (broad SMARTS) is 2. The Morgan fingerprint density at radius 3 is 2.19 bits per heavy atom. The minimum Gasteiger partial charge on any atom is -0.481 e. The molecule has 1 saturated carbocycles. The highest BCUT2D eigenvalue weighted by Gasteiger charge is 2.31.